The van der Waals surface area contributed by atoms with E-state index in [4.69, 9.17) is 4.74 Å². The molecule has 13 heteroatoms. The van der Waals surface area contributed by atoms with Crippen LogP contribution in [0, 0.1) is 10.1 Å². The van der Waals surface area contributed by atoms with Gasteiger partial charge in [0.1, 0.15) is 11.3 Å². The Kier molecular flexibility index (Phi) is 6.42. The number of amides is 1. The molecule has 5 aromatic rings. The number of imidazole rings is 1. The molecule has 0 aliphatic heterocycles. The summed E-state index contributed by atoms with van der Waals surface area (Å²) in [5.41, 5.74) is 1.75. The molecule has 1 fully saturated rings. The number of carbonyl (C=O) groups excluding carboxylic acids is 1. The lowest BCUT2D eigenvalue weighted by molar-refractivity contribution is -0.384. The van der Waals surface area contributed by atoms with Crippen LogP contribution >= 0.6 is 0 Å². The highest BCUT2D eigenvalue weighted by Gasteiger charge is 2.27. The Bertz CT molecular complexity index is 1820. The SMILES string of the molecule is O=C(NC1CCC(n2cnc3cnc4c(ccn4S(=O)(=O)c4ccccc4)c32)CC1)Oc1ccc([N+](=O)[O-])cc1. The summed E-state index contributed by atoms with van der Waals surface area (Å²) in [4.78, 5) is 31.8. The molecule has 12 nitrogen and oxygen atoms in total. The maximum Gasteiger partial charge on any atom is 0.412 e. The normalized spacial score (nSPS) is 17.6. The van der Waals surface area contributed by atoms with E-state index in [2.05, 4.69) is 19.9 Å². The number of nitro groups is 1. The Hall–Kier alpha value is -4.78. The fourth-order valence-electron chi connectivity index (χ4n) is 5.20. The Morgan fingerprint density at radius 2 is 1.73 bits per heavy atom. The second-order valence-electron chi connectivity index (χ2n) is 9.60. The van der Waals surface area contributed by atoms with Crippen LogP contribution in [0.25, 0.3) is 22.1 Å². The average Bonchev–Trinajstić information content (AvgIpc) is 3.59. The first-order valence-electron chi connectivity index (χ1n) is 12.7. The summed E-state index contributed by atoms with van der Waals surface area (Å²) < 4.78 is 35.1. The Balaban J connectivity index is 1.17. The van der Waals surface area contributed by atoms with Gasteiger partial charge in [-0.1, -0.05) is 18.2 Å². The molecule has 3 heterocycles. The van der Waals surface area contributed by atoms with Gasteiger partial charge >= 0.3 is 6.09 Å². The molecule has 2 aromatic carbocycles. The molecular formula is C27H24N6O6S. The topological polar surface area (TPSA) is 151 Å². The number of pyridine rings is 1. The van der Waals surface area contributed by atoms with Gasteiger partial charge in [0.15, 0.2) is 5.65 Å². The molecule has 6 rings (SSSR count). The smallest absolute Gasteiger partial charge is 0.410 e. The van der Waals surface area contributed by atoms with Gasteiger partial charge in [0.25, 0.3) is 15.7 Å². The minimum Gasteiger partial charge on any atom is -0.410 e. The number of nitrogens with one attached hydrogen (secondary N) is 1. The van der Waals surface area contributed by atoms with Crippen LogP contribution in [0.3, 0.4) is 0 Å². The quantitative estimate of drug-likeness (QED) is 0.230. The number of fused-ring (bicyclic) bond motifs is 3. The Labute approximate surface area is 228 Å². The van der Waals surface area contributed by atoms with Gasteiger partial charge in [-0.05, 0) is 56.0 Å². The predicted octanol–water partition coefficient (Wildman–Crippen LogP) is 4.80. The van der Waals surface area contributed by atoms with Gasteiger partial charge in [-0.3, -0.25) is 10.1 Å². The van der Waals surface area contributed by atoms with Gasteiger partial charge in [-0.25, -0.2) is 27.2 Å². The molecule has 0 radical (unpaired) electrons. The third-order valence-corrected chi connectivity index (χ3v) is 8.86. The third-order valence-electron chi connectivity index (χ3n) is 7.18. The number of hydrogen-bond donors (Lipinski definition) is 1. The number of aromatic nitrogens is 4. The summed E-state index contributed by atoms with van der Waals surface area (Å²) in [5.74, 6) is 0.223. The zero-order valence-corrected chi connectivity index (χ0v) is 21.9. The largest absolute Gasteiger partial charge is 0.412 e. The van der Waals surface area contributed by atoms with Crippen LogP contribution in [-0.2, 0) is 10.0 Å². The molecule has 1 N–H and O–H groups in total. The summed E-state index contributed by atoms with van der Waals surface area (Å²) >= 11 is 0. The van der Waals surface area contributed by atoms with Crippen LogP contribution in [-0.4, -0.2) is 44.0 Å². The number of rotatable bonds is 6. The first-order valence-corrected chi connectivity index (χ1v) is 14.1. The minimum absolute atomic E-state index is 0.0828. The Morgan fingerprint density at radius 3 is 2.42 bits per heavy atom. The number of nitrogens with zero attached hydrogens (tertiary/aromatic N) is 5. The van der Waals surface area contributed by atoms with Crippen molar-refractivity contribution in [3.8, 4) is 5.75 Å². The first-order chi connectivity index (χ1) is 19.3. The number of nitro benzene ring substituents is 1. The number of hydrogen-bond acceptors (Lipinski definition) is 8. The van der Waals surface area contributed by atoms with Crippen LogP contribution in [0.5, 0.6) is 5.75 Å². The average molecular weight is 561 g/mol. The van der Waals surface area contributed by atoms with Crippen LogP contribution in [0.1, 0.15) is 31.7 Å². The van der Waals surface area contributed by atoms with Crippen LogP contribution in [0.2, 0.25) is 0 Å². The molecule has 0 bridgehead atoms. The third kappa shape index (κ3) is 4.64. The molecule has 0 atom stereocenters. The molecule has 1 aliphatic rings. The van der Waals surface area contributed by atoms with Crippen molar-refractivity contribution in [2.45, 2.75) is 42.7 Å². The van der Waals surface area contributed by atoms with Crippen molar-refractivity contribution in [2.24, 2.45) is 0 Å². The van der Waals surface area contributed by atoms with E-state index in [-0.39, 0.29) is 28.4 Å². The van der Waals surface area contributed by atoms with Crippen molar-refractivity contribution < 1.29 is 22.9 Å². The second-order valence-corrected chi connectivity index (χ2v) is 11.4. The highest BCUT2D eigenvalue weighted by Crippen LogP contribution is 2.34. The zero-order valence-electron chi connectivity index (χ0n) is 21.1. The number of carbonyl (C=O) groups is 1. The van der Waals surface area contributed by atoms with Crippen molar-refractivity contribution >= 4 is 43.9 Å². The summed E-state index contributed by atoms with van der Waals surface area (Å²) in [6.07, 6.45) is 7.20. The van der Waals surface area contributed by atoms with E-state index in [9.17, 15) is 23.3 Å². The van der Waals surface area contributed by atoms with Crippen molar-refractivity contribution in [1.29, 1.82) is 0 Å². The van der Waals surface area contributed by atoms with E-state index >= 15 is 0 Å². The van der Waals surface area contributed by atoms with Crippen molar-refractivity contribution in [2.75, 3.05) is 0 Å². The fourth-order valence-corrected chi connectivity index (χ4v) is 6.52. The summed E-state index contributed by atoms with van der Waals surface area (Å²) in [7, 11) is -3.82. The van der Waals surface area contributed by atoms with Crippen molar-refractivity contribution in [1.82, 2.24) is 23.8 Å². The van der Waals surface area contributed by atoms with E-state index in [1.54, 1.807) is 48.9 Å². The van der Waals surface area contributed by atoms with E-state index in [0.717, 1.165) is 18.4 Å². The van der Waals surface area contributed by atoms with Crippen LogP contribution in [0.4, 0.5) is 10.5 Å². The van der Waals surface area contributed by atoms with Crippen LogP contribution < -0.4 is 10.1 Å². The molecule has 0 unspecified atom stereocenters. The zero-order chi connectivity index (χ0) is 27.9. The van der Waals surface area contributed by atoms with Gasteiger partial charge in [0.05, 0.1) is 27.9 Å². The molecule has 1 saturated carbocycles. The standard InChI is InChI=1S/C27H24N6O6S/c34-27(39-21-12-10-20(11-13-21)33(35)36)30-18-6-8-19(9-7-18)31-17-29-24-16-28-26-23(25(24)31)14-15-32(26)40(37,38)22-4-2-1-3-5-22/h1-5,10-19H,6-9H2,(H,30,34). The maximum atomic E-state index is 13.3. The number of ether oxygens (including phenoxy) is 1. The lowest BCUT2D eigenvalue weighted by Crippen LogP contribution is -2.39. The Morgan fingerprint density at radius 1 is 1.00 bits per heavy atom. The molecule has 0 saturated heterocycles. The summed E-state index contributed by atoms with van der Waals surface area (Å²) in [5, 5.41) is 14.4. The monoisotopic (exact) mass is 560 g/mol. The summed E-state index contributed by atoms with van der Waals surface area (Å²) in [6, 6.07) is 15.3. The van der Waals surface area contributed by atoms with Crippen LogP contribution in [0.15, 0.2) is 84.3 Å². The molecular weight excluding hydrogens is 536 g/mol. The molecule has 3 aromatic heterocycles. The molecule has 204 valence electrons. The molecule has 1 aliphatic carbocycles. The lowest BCUT2D eigenvalue weighted by Gasteiger charge is -2.30. The minimum atomic E-state index is -3.82. The predicted molar refractivity (Wildman–Crippen MR) is 146 cm³/mol. The van der Waals surface area contributed by atoms with Gasteiger partial charge in [0, 0.05) is 35.8 Å². The van der Waals surface area contributed by atoms with Gasteiger partial charge in [-0.2, -0.15) is 0 Å². The molecule has 0 spiro atoms. The van der Waals surface area contributed by atoms with Gasteiger partial charge in [0.2, 0.25) is 0 Å². The van der Waals surface area contributed by atoms with E-state index in [1.807, 2.05) is 0 Å². The maximum absolute atomic E-state index is 13.3. The van der Waals surface area contributed by atoms with Gasteiger partial charge in [-0.15, -0.1) is 0 Å². The molecule has 40 heavy (non-hydrogen) atoms. The first kappa shape index (κ1) is 25.5. The highest BCUT2D eigenvalue weighted by molar-refractivity contribution is 7.90. The van der Waals surface area contributed by atoms with E-state index < -0.39 is 21.0 Å². The molecule has 1 amide bonds. The van der Waals surface area contributed by atoms with Crippen molar-refractivity contribution in [3.63, 3.8) is 0 Å². The number of non-ortho nitro benzene ring substituents is 1. The van der Waals surface area contributed by atoms with E-state index in [0.29, 0.717) is 29.4 Å². The lowest BCUT2D eigenvalue weighted by atomic mass is 9.91. The van der Waals surface area contributed by atoms with E-state index in [1.165, 1.54) is 34.4 Å². The number of benzene rings is 2. The fraction of sp³-hybridized carbons (Fsp3) is 0.222. The van der Waals surface area contributed by atoms with Gasteiger partial charge < -0.3 is 14.6 Å². The second kappa shape index (κ2) is 10.1. The summed E-state index contributed by atoms with van der Waals surface area (Å²) in [6.45, 7) is 0. The van der Waals surface area contributed by atoms with Crippen molar-refractivity contribution in [3.05, 3.63) is 89.5 Å². The highest BCUT2D eigenvalue weighted by atomic mass is 32.2.